The van der Waals surface area contributed by atoms with Gasteiger partial charge in [0.15, 0.2) is 17.5 Å². The molecule has 0 saturated heterocycles. The van der Waals surface area contributed by atoms with Gasteiger partial charge in [-0.25, -0.2) is 15.0 Å². The fourth-order valence-corrected chi connectivity index (χ4v) is 10.2. The Bertz CT molecular complexity index is 3630. The van der Waals surface area contributed by atoms with Gasteiger partial charge in [0.05, 0.1) is 0 Å². The molecule has 0 N–H and O–H groups in total. The molecule has 12 aromatic rings. The van der Waals surface area contributed by atoms with Gasteiger partial charge in [0.2, 0.25) is 0 Å². The van der Waals surface area contributed by atoms with Crippen LogP contribution in [0.15, 0.2) is 212 Å². The molecule has 2 heterocycles. The molecule has 0 aliphatic carbocycles. The highest BCUT2D eigenvalue weighted by Crippen LogP contribution is 2.42. The molecule has 10 aromatic carbocycles. The second-order valence-electron chi connectivity index (χ2n) is 15.5. The smallest absolute Gasteiger partial charge is 0.164 e. The second kappa shape index (κ2) is 14.5. The van der Waals surface area contributed by atoms with Crippen LogP contribution in [0.4, 0.5) is 0 Å². The van der Waals surface area contributed by atoms with E-state index in [0.29, 0.717) is 17.5 Å². The average molecular weight is 794 g/mol. The molecular weight excluding hydrogens is 759 g/mol. The zero-order valence-electron chi connectivity index (χ0n) is 33.0. The van der Waals surface area contributed by atoms with Crippen LogP contribution >= 0.6 is 11.3 Å². The average Bonchev–Trinajstić information content (AvgIpc) is 3.73. The van der Waals surface area contributed by atoms with Gasteiger partial charge in [-0.2, -0.15) is 0 Å². The van der Waals surface area contributed by atoms with Crippen LogP contribution in [0, 0.1) is 0 Å². The maximum Gasteiger partial charge on any atom is 0.164 e. The Morgan fingerprint density at radius 2 is 0.820 bits per heavy atom. The summed E-state index contributed by atoms with van der Waals surface area (Å²) in [6.07, 6.45) is 0. The van der Waals surface area contributed by atoms with Crippen LogP contribution < -0.4 is 0 Å². The van der Waals surface area contributed by atoms with Crippen LogP contribution in [0.5, 0.6) is 0 Å². The number of rotatable bonds is 6. The third-order valence-corrected chi connectivity index (χ3v) is 13.1. The first kappa shape index (κ1) is 35.2. The van der Waals surface area contributed by atoms with Crippen LogP contribution in [-0.4, -0.2) is 15.0 Å². The van der Waals surface area contributed by atoms with Crippen molar-refractivity contribution >= 4 is 63.8 Å². The van der Waals surface area contributed by atoms with Gasteiger partial charge in [-0.1, -0.05) is 194 Å². The maximum absolute atomic E-state index is 5.21. The Morgan fingerprint density at radius 1 is 0.279 bits per heavy atom. The van der Waals surface area contributed by atoms with E-state index in [4.69, 9.17) is 15.0 Å². The number of hydrogen-bond acceptors (Lipinski definition) is 4. The molecule has 0 fully saturated rings. The molecular formula is C57H35N3S. The van der Waals surface area contributed by atoms with Crippen LogP contribution in [0.1, 0.15) is 0 Å². The van der Waals surface area contributed by atoms with E-state index >= 15 is 0 Å². The van der Waals surface area contributed by atoms with Gasteiger partial charge in [0, 0.05) is 36.9 Å². The monoisotopic (exact) mass is 793 g/mol. The van der Waals surface area contributed by atoms with Crippen molar-refractivity contribution in [2.45, 2.75) is 0 Å². The predicted octanol–water partition coefficient (Wildman–Crippen LogP) is 15.7. The summed E-state index contributed by atoms with van der Waals surface area (Å²) in [6, 6.07) is 75.8. The molecule has 0 aliphatic rings. The minimum atomic E-state index is 0.629. The molecule has 3 nitrogen and oxygen atoms in total. The fraction of sp³-hybridized carbons (Fsp3) is 0. The van der Waals surface area contributed by atoms with Crippen molar-refractivity contribution in [2.24, 2.45) is 0 Å². The summed E-state index contributed by atoms with van der Waals surface area (Å²) in [5.41, 5.74) is 9.82. The minimum Gasteiger partial charge on any atom is -0.208 e. The highest BCUT2D eigenvalue weighted by Gasteiger charge is 2.17. The molecule has 0 spiro atoms. The van der Waals surface area contributed by atoms with E-state index in [0.717, 1.165) is 33.4 Å². The maximum atomic E-state index is 5.21. The number of benzene rings is 10. The Morgan fingerprint density at radius 3 is 1.59 bits per heavy atom. The van der Waals surface area contributed by atoms with Crippen LogP contribution in [0.25, 0.3) is 120 Å². The van der Waals surface area contributed by atoms with E-state index < -0.39 is 0 Å². The summed E-state index contributed by atoms with van der Waals surface area (Å²) in [5.74, 6) is 1.89. The molecule has 61 heavy (non-hydrogen) atoms. The van der Waals surface area contributed by atoms with Crippen molar-refractivity contribution in [2.75, 3.05) is 0 Å². The summed E-state index contributed by atoms with van der Waals surface area (Å²) < 4.78 is 2.57. The lowest BCUT2D eigenvalue weighted by molar-refractivity contribution is 1.07. The van der Waals surface area contributed by atoms with Crippen LogP contribution in [0.2, 0.25) is 0 Å². The van der Waals surface area contributed by atoms with E-state index in [2.05, 4.69) is 206 Å². The minimum absolute atomic E-state index is 0.629. The van der Waals surface area contributed by atoms with Crippen LogP contribution in [0.3, 0.4) is 0 Å². The standard InChI is InChI=1S/C57H35N3S/c1-2-12-36(13-3-1)37-24-28-40(29-25-37)55-58-56(60-57(59-55)44-17-10-16-42(34-44)47-21-11-22-50-48-20-8-9-23-52(48)61-54(47)50)41-30-26-39(27-31-41)53-46-19-7-5-15-43(46)35-51-45-18-6-4-14-38(45)32-33-49(51)53/h1-35H. The summed E-state index contributed by atoms with van der Waals surface area (Å²) in [7, 11) is 0. The number of nitrogens with zero attached hydrogens (tertiary/aromatic N) is 3. The normalized spacial score (nSPS) is 11.6. The van der Waals surface area contributed by atoms with Crippen molar-refractivity contribution in [3.63, 3.8) is 0 Å². The van der Waals surface area contributed by atoms with Gasteiger partial charge < -0.3 is 0 Å². The van der Waals surface area contributed by atoms with Crippen molar-refractivity contribution in [1.29, 1.82) is 0 Å². The second-order valence-corrected chi connectivity index (χ2v) is 16.6. The van der Waals surface area contributed by atoms with E-state index in [1.165, 1.54) is 69.2 Å². The van der Waals surface area contributed by atoms with Gasteiger partial charge in [0.1, 0.15) is 0 Å². The molecule has 0 atom stereocenters. The highest BCUT2D eigenvalue weighted by atomic mass is 32.1. The largest absolute Gasteiger partial charge is 0.208 e. The van der Waals surface area contributed by atoms with Crippen molar-refractivity contribution in [3.05, 3.63) is 212 Å². The lowest BCUT2D eigenvalue weighted by atomic mass is 9.89. The Hall–Kier alpha value is -7.79. The predicted molar refractivity (Wildman–Crippen MR) is 258 cm³/mol. The molecule has 0 aliphatic heterocycles. The molecule has 0 saturated carbocycles. The van der Waals surface area contributed by atoms with Crippen LogP contribution in [-0.2, 0) is 0 Å². The summed E-state index contributed by atoms with van der Waals surface area (Å²) in [4.78, 5) is 15.5. The molecule has 0 amide bonds. The van der Waals surface area contributed by atoms with E-state index in [1.807, 2.05) is 17.4 Å². The molecule has 0 radical (unpaired) electrons. The van der Waals surface area contributed by atoms with E-state index in [1.54, 1.807) is 0 Å². The third-order valence-electron chi connectivity index (χ3n) is 11.9. The molecule has 2 aromatic heterocycles. The van der Waals surface area contributed by atoms with Gasteiger partial charge in [-0.05, 0) is 83.9 Å². The number of fused-ring (bicyclic) bond motifs is 7. The Balaban J connectivity index is 0.995. The lowest BCUT2D eigenvalue weighted by Crippen LogP contribution is -2.00. The van der Waals surface area contributed by atoms with Gasteiger partial charge in [0.25, 0.3) is 0 Å². The third kappa shape index (κ3) is 6.16. The van der Waals surface area contributed by atoms with E-state index in [9.17, 15) is 0 Å². The van der Waals surface area contributed by atoms with Gasteiger partial charge >= 0.3 is 0 Å². The van der Waals surface area contributed by atoms with Crippen molar-refractivity contribution in [3.8, 4) is 67.5 Å². The van der Waals surface area contributed by atoms with Gasteiger partial charge in [-0.15, -0.1) is 11.3 Å². The molecule has 4 heteroatoms. The topological polar surface area (TPSA) is 38.7 Å². The lowest BCUT2D eigenvalue weighted by Gasteiger charge is -2.14. The Kier molecular flexibility index (Phi) is 8.36. The number of thiophene rings is 1. The Labute approximate surface area is 356 Å². The molecule has 0 bridgehead atoms. The summed E-state index contributed by atoms with van der Waals surface area (Å²) in [6.45, 7) is 0. The summed E-state index contributed by atoms with van der Waals surface area (Å²) in [5, 5.41) is 10.0. The fourth-order valence-electron chi connectivity index (χ4n) is 8.92. The molecule has 0 unspecified atom stereocenters. The first-order valence-electron chi connectivity index (χ1n) is 20.6. The SMILES string of the molecule is c1ccc(-c2ccc(-c3nc(-c4ccc(-c5c6ccccc6cc6c5ccc5ccccc56)cc4)nc(-c4cccc(-c5cccc6c5sc5ccccc56)c4)n3)cc2)cc1. The number of aromatic nitrogens is 3. The molecule has 284 valence electrons. The zero-order chi connectivity index (χ0) is 40.3. The first-order valence-corrected chi connectivity index (χ1v) is 21.4. The number of hydrogen-bond donors (Lipinski definition) is 0. The molecule has 12 rings (SSSR count). The first-order chi connectivity index (χ1) is 30.2. The summed E-state index contributed by atoms with van der Waals surface area (Å²) >= 11 is 1.84. The highest BCUT2D eigenvalue weighted by molar-refractivity contribution is 7.26. The zero-order valence-corrected chi connectivity index (χ0v) is 33.8. The van der Waals surface area contributed by atoms with Crippen molar-refractivity contribution < 1.29 is 0 Å². The van der Waals surface area contributed by atoms with E-state index in [-0.39, 0.29) is 0 Å². The quantitative estimate of drug-likeness (QED) is 0.124. The van der Waals surface area contributed by atoms with Crippen molar-refractivity contribution in [1.82, 2.24) is 15.0 Å². The van der Waals surface area contributed by atoms with Gasteiger partial charge in [-0.3, -0.25) is 0 Å².